The summed E-state index contributed by atoms with van der Waals surface area (Å²) in [6, 6.07) is 0. The second-order valence-electron chi connectivity index (χ2n) is 2.36. The highest BCUT2D eigenvalue weighted by Crippen LogP contribution is 1.98. The molecule has 0 aromatic rings. The van der Waals surface area contributed by atoms with E-state index in [1.54, 1.807) is 6.08 Å². The average molecular weight is 141 g/mol. The Morgan fingerprint density at radius 1 is 1.50 bits per heavy atom. The molecule has 3 nitrogen and oxygen atoms in total. The first-order chi connectivity index (χ1) is 4.84. The summed E-state index contributed by atoms with van der Waals surface area (Å²) in [5, 5.41) is 13.4. The Hall–Kier alpha value is -0.380. The van der Waals surface area contributed by atoms with Crippen molar-refractivity contribution < 1.29 is 5.11 Å². The Labute approximate surface area is 61.3 Å². The molecule has 0 aromatic heterocycles. The van der Waals surface area contributed by atoms with Gasteiger partial charge in [0, 0.05) is 26.2 Å². The van der Waals surface area contributed by atoms with Crippen LogP contribution in [0.1, 0.15) is 0 Å². The van der Waals surface area contributed by atoms with Crippen LogP contribution < -0.4 is 5.32 Å². The van der Waals surface area contributed by atoms with Crippen molar-refractivity contribution in [3.8, 4) is 0 Å². The van der Waals surface area contributed by atoms with Gasteiger partial charge in [0.2, 0.25) is 0 Å². The third-order valence-corrected chi connectivity index (χ3v) is 1.68. The molecule has 1 heterocycles. The van der Waals surface area contributed by atoms with Crippen LogP contribution in [0.15, 0.2) is 12.7 Å². The summed E-state index contributed by atoms with van der Waals surface area (Å²) < 4.78 is 0. The molecule has 0 spiro atoms. The van der Waals surface area contributed by atoms with Crippen molar-refractivity contribution in [3.05, 3.63) is 12.7 Å². The average Bonchev–Trinajstić information content (AvgIpc) is 2.05. The molecular formula is C7H13N2O. The van der Waals surface area contributed by atoms with Crippen LogP contribution in [0, 0.1) is 0 Å². The minimum atomic E-state index is -0.476. The Morgan fingerprint density at radius 3 is 2.60 bits per heavy atom. The predicted octanol–water partition coefficient (Wildman–Crippen LogP) is -0.589. The molecule has 0 bridgehead atoms. The van der Waals surface area contributed by atoms with Crippen LogP contribution in [0.4, 0.5) is 0 Å². The van der Waals surface area contributed by atoms with E-state index < -0.39 is 6.23 Å². The molecule has 10 heavy (non-hydrogen) atoms. The van der Waals surface area contributed by atoms with E-state index in [4.69, 9.17) is 0 Å². The Bertz CT molecular complexity index is 110. The molecule has 1 aliphatic heterocycles. The fourth-order valence-corrected chi connectivity index (χ4v) is 1.04. The molecule has 0 amide bonds. The lowest BCUT2D eigenvalue weighted by Gasteiger charge is -2.28. The van der Waals surface area contributed by atoms with E-state index >= 15 is 0 Å². The van der Waals surface area contributed by atoms with Crippen molar-refractivity contribution in [2.45, 2.75) is 6.23 Å². The van der Waals surface area contributed by atoms with Gasteiger partial charge >= 0.3 is 0 Å². The molecule has 57 valence electrons. The smallest absolute Gasteiger partial charge is 0.126 e. The van der Waals surface area contributed by atoms with Crippen LogP contribution in [0.3, 0.4) is 0 Å². The standard InChI is InChI=1S/C7H13N2O/c1-2-7(10)9-5-3-8-4-6-9/h2,7,10H,1,3-6H2. The number of hydrogen-bond acceptors (Lipinski definition) is 2. The van der Waals surface area contributed by atoms with E-state index in [1.807, 2.05) is 4.90 Å². The van der Waals surface area contributed by atoms with Gasteiger partial charge < -0.3 is 5.11 Å². The maximum atomic E-state index is 9.25. The number of hydrogen-bond donors (Lipinski definition) is 1. The van der Waals surface area contributed by atoms with Crippen molar-refractivity contribution in [2.75, 3.05) is 26.2 Å². The Morgan fingerprint density at radius 2 is 2.10 bits per heavy atom. The van der Waals surface area contributed by atoms with Crippen molar-refractivity contribution in [1.82, 2.24) is 10.2 Å². The van der Waals surface area contributed by atoms with Gasteiger partial charge in [-0.1, -0.05) is 6.58 Å². The van der Waals surface area contributed by atoms with E-state index in [-0.39, 0.29) is 0 Å². The van der Waals surface area contributed by atoms with Gasteiger partial charge in [-0.2, -0.15) is 0 Å². The van der Waals surface area contributed by atoms with Crippen LogP contribution in [0.2, 0.25) is 0 Å². The maximum Gasteiger partial charge on any atom is 0.126 e. The molecule has 1 atom stereocenters. The summed E-state index contributed by atoms with van der Waals surface area (Å²) in [7, 11) is 0. The Kier molecular flexibility index (Phi) is 2.86. The number of piperazine rings is 1. The van der Waals surface area contributed by atoms with E-state index in [9.17, 15) is 5.11 Å². The zero-order valence-corrected chi connectivity index (χ0v) is 6.03. The van der Waals surface area contributed by atoms with Gasteiger partial charge in [-0.05, 0) is 6.08 Å². The van der Waals surface area contributed by atoms with Crippen molar-refractivity contribution in [1.29, 1.82) is 0 Å². The molecule has 1 aliphatic rings. The first-order valence-electron chi connectivity index (χ1n) is 3.52. The molecule has 3 heteroatoms. The summed E-state index contributed by atoms with van der Waals surface area (Å²) in [5.41, 5.74) is 0. The summed E-state index contributed by atoms with van der Waals surface area (Å²) in [6.45, 7) is 6.90. The number of rotatable bonds is 2. The lowest BCUT2D eigenvalue weighted by atomic mass is 10.3. The minimum Gasteiger partial charge on any atom is -0.375 e. The SMILES string of the molecule is C=CC(O)N1CC[N]CC1. The topological polar surface area (TPSA) is 37.6 Å². The highest BCUT2D eigenvalue weighted by Gasteiger charge is 2.14. The number of nitrogens with zero attached hydrogens (tertiary/aromatic N) is 2. The third-order valence-electron chi connectivity index (χ3n) is 1.68. The number of aliphatic hydroxyl groups excluding tert-OH is 1. The first kappa shape index (κ1) is 7.72. The first-order valence-corrected chi connectivity index (χ1v) is 3.52. The normalized spacial score (nSPS) is 24.1. The second-order valence-corrected chi connectivity index (χ2v) is 2.36. The molecular weight excluding hydrogens is 128 g/mol. The summed E-state index contributed by atoms with van der Waals surface area (Å²) in [5.74, 6) is 0. The van der Waals surface area contributed by atoms with Gasteiger partial charge in [0.15, 0.2) is 0 Å². The summed E-state index contributed by atoms with van der Waals surface area (Å²) in [6.07, 6.45) is 1.07. The largest absolute Gasteiger partial charge is 0.375 e. The summed E-state index contributed by atoms with van der Waals surface area (Å²) >= 11 is 0. The molecule has 0 aliphatic carbocycles. The van der Waals surface area contributed by atoms with Gasteiger partial charge in [-0.15, -0.1) is 0 Å². The highest BCUT2D eigenvalue weighted by atomic mass is 16.3. The van der Waals surface area contributed by atoms with Gasteiger partial charge in [-0.25, -0.2) is 5.32 Å². The van der Waals surface area contributed by atoms with Crippen LogP contribution in [0.25, 0.3) is 0 Å². The van der Waals surface area contributed by atoms with Crippen molar-refractivity contribution in [3.63, 3.8) is 0 Å². The van der Waals surface area contributed by atoms with Crippen LogP contribution in [0.5, 0.6) is 0 Å². The number of aliphatic hydroxyl groups is 1. The van der Waals surface area contributed by atoms with Gasteiger partial charge in [-0.3, -0.25) is 4.90 Å². The fraction of sp³-hybridized carbons (Fsp3) is 0.714. The maximum absolute atomic E-state index is 9.25. The molecule has 1 fully saturated rings. The molecule has 1 saturated heterocycles. The molecule has 0 saturated carbocycles. The lowest BCUT2D eigenvalue weighted by Crippen LogP contribution is -2.45. The van der Waals surface area contributed by atoms with Crippen LogP contribution in [-0.4, -0.2) is 42.4 Å². The molecule has 1 rings (SSSR count). The third kappa shape index (κ3) is 1.80. The van der Waals surface area contributed by atoms with Crippen molar-refractivity contribution in [2.24, 2.45) is 0 Å². The molecule has 1 N–H and O–H groups in total. The second kappa shape index (κ2) is 3.71. The summed E-state index contributed by atoms with van der Waals surface area (Å²) in [4.78, 5) is 1.96. The zero-order chi connectivity index (χ0) is 7.40. The minimum absolute atomic E-state index is 0.476. The fourth-order valence-electron chi connectivity index (χ4n) is 1.04. The monoisotopic (exact) mass is 141 g/mol. The molecule has 1 radical (unpaired) electrons. The lowest BCUT2D eigenvalue weighted by molar-refractivity contribution is 0.0328. The van der Waals surface area contributed by atoms with Crippen LogP contribution in [-0.2, 0) is 0 Å². The Balaban J connectivity index is 2.30. The van der Waals surface area contributed by atoms with E-state index in [1.165, 1.54) is 0 Å². The predicted molar refractivity (Wildman–Crippen MR) is 39.6 cm³/mol. The molecule has 1 unspecified atom stereocenters. The van der Waals surface area contributed by atoms with Gasteiger partial charge in [0.1, 0.15) is 6.23 Å². The van der Waals surface area contributed by atoms with E-state index in [0.29, 0.717) is 0 Å². The van der Waals surface area contributed by atoms with Crippen LogP contribution >= 0.6 is 0 Å². The van der Waals surface area contributed by atoms with Gasteiger partial charge in [0.05, 0.1) is 0 Å². The molecule has 0 aromatic carbocycles. The highest BCUT2D eigenvalue weighted by molar-refractivity contribution is 4.81. The van der Waals surface area contributed by atoms with E-state index in [2.05, 4.69) is 11.9 Å². The van der Waals surface area contributed by atoms with Gasteiger partial charge in [0.25, 0.3) is 0 Å². The quantitative estimate of drug-likeness (QED) is 0.522. The van der Waals surface area contributed by atoms with E-state index in [0.717, 1.165) is 26.2 Å². The van der Waals surface area contributed by atoms with Crippen molar-refractivity contribution >= 4 is 0 Å². The zero-order valence-electron chi connectivity index (χ0n) is 6.03.